The van der Waals surface area contributed by atoms with E-state index in [2.05, 4.69) is 20.1 Å². The van der Waals surface area contributed by atoms with Gasteiger partial charge < -0.3 is 11.1 Å². The third-order valence-electron chi connectivity index (χ3n) is 3.16. The number of anilines is 1. The van der Waals surface area contributed by atoms with E-state index >= 15 is 0 Å². The van der Waals surface area contributed by atoms with E-state index in [1.807, 2.05) is 13.1 Å². The Hall–Kier alpha value is -1.18. The molecule has 0 unspecified atom stereocenters. The number of nitrogens with one attached hydrogen (secondary N) is 1. The molecule has 0 spiro atoms. The third kappa shape index (κ3) is 4.45. The van der Waals surface area contributed by atoms with E-state index in [4.69, 9.17) is 5.73 Å². The van der Waals surface area contributed by atoms with Crippen LogP contribution in [0.3, 0.4) is 0 Å². The van der Waals surface area contributed by atoms with Gasteiger partial charge in [-0.15, -0.1) is 11.3 Å². The van der Waals surface area contributed by atoms with Crippen LogP contribution in [0.25, 0.3) is 0 Å². The van der Waals surface area contributed by atoms with Crippen molar-refractivity contribution in [3.8, 4) is 0 Å². The number of nitrogens with zero attached hydrogens (tertiary/aromatic N) is 3. The molecular weight excluding hydrogens is 262 g/mol. The highest BCUT2D eigenvalue weighted by molar-refractivity contribution is 7.15. The Kier molecular flexibility index (Phi) is 5.12. The van der Waals surface area contributed by atoms with Crippen LogP contribution in [0.15, 0.2) is 6.20 Å². The van der Waals surface area contributed by atoms with E-state index < -0.39 is 0 Å². The van der Waals surface area contributed by atoms with E-state index in [1.165, 1.54) is 4.88 Å². The molecule has 0 aliphatic carbocycles. The van der Waals surface area contributed by atoms with E-state index in [0.717, 1.165) is 32.7 Å². The monoisotopic (exact) mass is 283 g/mol. The van der Waals surface area contributed by atoms with Gasteiger partial charge in [0.05, 0.1) is 6.54 Å². The number of hydrogen-bond donors (Lipinski definition) is 2. The van der Waals surface area contributed by atoms with Crippen molar-refractivity contribution in [2.45, 2.75) is 13.5 Å². The van der Waals surface area contributed by atoms with Crippen LogP contribution in [-0.4, -0.2) is 60.0 Å². The molecule has 3 N–H and O–H groups in total. The Labute approximate surface area is 117 Å². The number of rotatable bonds is 5. The highest BCUT2D eigenvalue weighted by atomic mass is 32.1. The molecule has 2 rings (SSSR count). The lowest BCUT2D eigenvalue weighted by atomic mass is 10.3. The van der Waals surface area contributed by atoms with Gasteiger partial charge in [0.25, 0.3) is 0 Å². The van der Waals surface area contributed by atoms with Crippen molar-refractivity contribution in [2.75, 3.05) is 45.0 Å². The lowest BCUT2D eigenvalue weighted by Gasteiger charge is -2.33. The average molecular weight is 283 g/mol. The molecular formula is C12H21N5OS. The maximum atomic E-state index is 11.5. The predicted octanol–water partition coefficient (Wildman–Crippen LogP) is -0.0210. The van der Waals surface area contributed by atoms with E-state index in [1.54, 1.807) is 11.3 Å². The second-order valence-corrected chi connectivity index (χ2v) is 5.82. The van der Waals surface area contributed by atoms with Crippen LogP contribution in [0.4, 0.5) is 5.13 Å². The molecule has 19 heavy (non-hydrogen) atoms. The van der Waals surface area contributed by atoms with Crippen LogP contribution in [0, 0.1) is 0 Å². The fraction of sp³-hybridized carbons (Fsp3) is 0.667. The molecule has 0 aromatic carbocycles. The molecule has 1 aromatic heterocycles. The average Bonchev–Trinajstić information content (AvgIpc) is 2.78. The van der Waals surface area contributed by atoms with Crippen molar-refractivity contribution < 1.29 is 4.79 Å². The van der Waals surface area contributed by atoms with Crippen LogP contribution in [0.1, 0.15) is 11.8 Å². The third-order valence-corrected chi connectivity index (χ3v) is 3.97. The molecule has 6 nitrogen and oxygen atoms in total. The molecule has 1 saturated heterocycles. The van der Waals surface area contributed by atoms with E-state index in [0.29, 0.717) is 18.2 Å². The van der Waals surface area contributed by atoms with Gasteiger partial charge in [0.1, 0.15) is 0 Å². The minimum Gasteiger partial charge on any atom is -0.375 e. The first-order chi connectivity index (χ1) is 9.17. The zero-order chi connectivity index (χ0) is 13.7. The maximum absolute atomic E-state index is 11.5. The second kappa shape index (κ2) is 6.83. The van der Waals surface area contributed by atoms with Crippen molar-refractivity contribution in [3.63, 3.8) is 0 Å². The Morgan fingerprint density at radius 3 is 2.68 bits per heavy atom. The smallest absolute Gasteiger partial charge is 0.234 e. The predicted molar refractivity (Wildman–Crippen MR) is 76.9 cm³/mol. The molecule has 0 atom stereocenters. The minimum absolute atomic E-state index is 0.117. The molecule has 1 amide bonds. The summed E-state index contributed by atoms with van der Waals surface area (Å²) in [6.45, 7) is 7.90. The zero-order valence-corrected chi connectivity index (χ0v) is 12.1. The highest BCUT2D eigenvalue weighted by Crippen LogP contribution is 2.17. The standard InChI is InChI=1S/C12H21N5OS/c1-2-14-11(18)9-17-5-3-16(4-6-17)8-10-7-15-12(13)19-10/h7H,2-6,8-9H2,1H3,(H2,13,15)(H,14,18). The quantitative estimate of drug-likeness (QED) is 0.794. The summed E-state index contributed by atoms with van der Waals surface area (Å²) in [4.78, 5) is 21.3. The van der Waals surface area contributed by atoms with Crippen molar-refractivity contribution in [2.24, 2.45) is 0 Å². The van der Waals surface area contributed by atoms with Gasteiger partial charge in [-0.05, 0) is 6.92 Å². The van der Waals surface area contributed by atoms with Gasteiger partial charge in [0.15, 0.2) is 5.13 Å². The normalized spacial score (nSPS) is 17.5. The number of piperazine rings is 1. The van der Waals surface area contributed by atoms with Crippen LogP contribution in [0.5, 0.6) is 0 Å². The summed E-state index contributed by atoms with van der Waals surface area (Å²) in [5, 5.41) is 3.46. The number of thiazole rings is 1. The molecule has 2 heterocycles. The van der Waals surface area contributed by atoms with Gasteiger partial charge in [-0.1, -0.05) is 0 Å². The molecule has 1 aliphatic heterocycles. The fourth-order valence-corrected chi connectivity index (χ4v) is 2.90. The summed E-state index contributed by atoms with van der Waals surface area (Å²) < 4.78 is 0. The first kappa shape index (κ1) is 14.2. The van der Waals surface area contributed by atoms with Crippen LogP contribution >= 0.6 is 11.3 Å². The van der Waals surface area contributed by atoms with Gasteiger partial charge in [0, 0.05) is 50.3 Å². The first-order valence-electron chi connectivity index (χ1n) is 6.59. The molecule has 0 saturated carbocycles. The molecule has 1 fully saturated rings. The number of nitrogens with two attached hydrogens (primary N) is 1. The van der Waals surface area contributed by atoms with Crippen LogP contribution < -0.4 is 11.1 Å². The second-order valence-electron chi connectivity index (χ2n) is 4.67. The summed E-state index contributed by atoms with van der Waals surface area (Å²) in [6.07, 6.45) is 1.85. The highest BCUT2D eigenvalue weighted by Gasteiger charge is 2.19. The van der Waals surface area contributed by atoms with Crippen LogP contribution in [-0.2, 0) is 11.3 Å². The van der Waals surface area contributed by atoms with Gasteiger partial charge in [0.2, 0.25) is 5.91 Å². The molecule has 7 heteroatoms. The van der Waals surface area contributed by atoms with E-state index in [-0.39, 0.29) is 5.91 Å². The van der Waals surface area contributed by atoms with Crippen molar-refractivity contribution in [3.05, 3.63) is 11.1 Å². The number of hydrogen-bond acceptors (Lipinski definition) is 6. The number of likely N-dealkylation sites (N-methyl/N-ethyl adjacent to an activating group) is 1. The van der Waals surface area contributed by atoms with Crippen molar-refractivity contribution >= 4 is 22.4 Å². The molecule has 106 valence electrons. The Balaban J connectivity index is 1.71. The zero-order valence-electron chi connectivity index (χ0n) is 11.3. The summed E-state index contributed by atoms with van der Waals surface area (Å²) in [7, 11) is 0. The largest absolute Gasteiger partial charge is 0.375 e. The van der Waals surface area contributed by atoms with Crippen molar-refractivity contribution in [1.82, 2.24) is 20.1 Å². The van der Waals surface area contributed by atoms with Gasteiger partial charge >= 0.3 is 0 Å². The Morgan fingerprint density at radius 1 is 1.42 bits per heavy atom. The van der Waals surface area contributed by atoms with Crippen LogP contribution in [0.2, 0.25) is 0 Å². The number of amides is 1. The van der Waals surface area contributed by atoms with E-state index in [9.17, 15) is 4.79 Å². The van der Waals surface area contributed by atoms with Crippen molar-refractivity contribution in [1.29, 1.82) is 0 Å². The lowest BCUT2D eigenvalue weighted by molar-refractivity contribution is -0.122. The summed E-state index contributed by atoms with van der Waals surface area (Å²) >= 11 is 1.55. The number of carbonyl (C=O) groups is 1. The number of carbonyl (C=O) groups excluding carboxylic acids is 1. The van der Waals surface area contributed by atoms with Gasteiger partial charge in [-0.25, -0.2) is 4.98 Å². The Bertz CT molecular complexity index is 414. The number of aromatic nitrogens is 1. The topological polar surface area (TPSA) is 74.5 Å². The molecule has 0 bridgehead atoms. The summed E-state index contributed by atoms with van der Waals surface area (Å²) in [5.74, 6) is 0.117. The SMILES string of the molecule is CCNC(=O)CN1CCN(Cc2cnc(N)s2)CC1. The first-order valence-corrected chi connectivity index (χ1v) is 7.40. The number of nitrogen functional groups attached to an aromatic ring is 1. The minimum atomic E-state index is 0.117. The molecule has 1 aliphatic rings. The maximum Gasteiger partial charge on any atom is 0.234 e. The van der Waals surface area contributed by atoms with Gasteiger partial charge in [-0.3, -0.25) is 14.6 Å². The van der Waals surface area contributed by atoms with Gasteiger partial charge in [-0.2, -0.15) is 0 Å². The molecule has 1 aromatic rings. The Morgan fingerprint density at radius 2 is 2.11 bits per heavy atom. The summed E-state index contributed by atoms with van der Waals surface area (Å²) in [6, 6.07) is 0. The summed E-state index contributed by atoms with van der Waals surface area (Å²) in [5.41, 5.74) is 5.63. The fourth-order valence-electron chi connectivity index (χ4n) is 2.18. The molecule has 0 radical (unpaired) electrons. The lowest BCUT2D eigenvalue weighted by Crippen LogP contribution is -2.49.